The minimum Gasteiger partial charge on any atom is -0.387 e. The van der Waals surface area contributed by atoms with Crippen molar-refractivity contribution in [3.63, 3.8) is 0 Å². The van der Waals surface area contributed by atoms with E-state index in [1.54, 1.807) is 11.3 Å². The molecule has 1 amide bonds. The largest absolute Gasteiger partial charge is 0.387 e. The van der Waals surface area contributed by atoms with E-state index in [-0.39, 0.29) is 5.91 Å². The summed E-state index contributed by atoms with van der Waals surface area (Å²) in [5.41, 5.74) is 1.40. The fourth-order valence-corrected chi connectivity index (χ4v) is 5.30. The number of aliphatic hydroxyl groups is 1. The molecule has 1 aromatic rings. The van der Waals surface area contributed by atoms with Crippen molar-refractivity contribution in [3.8, 4) is 0 Å². The van der Waals surface area contributed by atoms with E-state index in [1.165, 1.54) is 23.3 Å². The first-order valence-corrected chi connectivity index (χ1v) is 9.94. The fraction of sp³-hybridized carbons (Fsp3) is 0.722. The van der Waals surface area contributed by atoms with E-state index in [2.05, 4.69) is 4.90 Å². The Balaban J connectivity index is 1.42. The highest BCUT2D eigenvalue weighted by Gasteiger charge is 2.40. The zero-order valence-electron chi connectivity index (χ0n) is 14.1. The standard InChI is InChI=1S/C18H26N2O3S/c21-17(15-11-24-16-4-2-1-3-14(15)16)20-6-5-18(22,13-20)12-19-7-9-23-10-8-19/h11,22H,1-10,12-13H2/t18-/m1/s1. The van der Waals surface area contributed by atoms with Crippen molar-refractivity contribution in [1.82, 2.24) is 9.80 Å². The van der Waals surface area contributed by atoms with Gasteiger partial charge in [-0.05, 0) is 37.7 Å². The number of likely N-dealkylation sites (tertiary alicyclic amines) is 1. The summed E-state index contributed by atoms with van der Waals surface area (Å²) in [6.45, 7) is 4.96. The van der Waals surface area contributed by atoms with Crippen LogP contribution in [0.3, 0.4) is 0 Å². The second-order valence-electron chi connectivity index (χ2n) is 7.35. The van der Waals surface area contributed by atoms with Crippen molar-refractivity contribution in [3.05, 3.63) is 21.4 Å². The van der Waals surface area contributed by atoms with Gasteiger partial charge in [-0.1, -0.05) is 0 Å². The fourth-order valence-electron chi connectivity index (χ4n) is 4.18. The van der Waals surface area contributed by atoms with Crippen molar-refractivity contribution in [2.45, 2.75) is 37.7 Å². The summed E-state index contributed by atoms with van der Waals surface area (Å²) in [5, 5.41) is 13.0. The van der Waals surface area contributed by atoms with E-state index in [9.17, 15) is 9.90 Å². The van der Waals surface area contributed by atoms with Crippen LogP contribution in [0.5, 0.6) is 0 Å². The number of carbonyl (C=O) groups excluding carboxylic acids is 1. The molecule has 5 nitrogen and oxygen atoms in total. The Labute approximate surface area is 147 Å². The molecule has 24 heavy (non-hydrogen) atoms. The van der Waals surface area contributed by atoms with E-state index in [4.69, 9.17) is 4.74 Å². The first-order chi connectivity index (χ1) is 11.6. The number of thiophene rings is 1. The molecule has 1 aromatic heterocycles. The number of aryl methyl sites for hydroxylation is 1. The Bertz CT molecular complexity index is 611. The topological polar surface area (TPSA) is 53.0 Å². The van der Waals surface area contributed by atoms with Gasteiger partial charge >= 0.3 is 0 Å². The molecule has 2 aliphatic heterocycles. The highest BCUT2D eigenvalue weighted by Crippen LogP contribution is 2.32. The molecule has 1 atom stereocenters. The first-order valence-electron chi connectivity index (χ1n) is 9.06. The highest BCUT2D eigenvalue weighted by molar-refractivity contribution is 7.10. The van der Waals surface area contributed by atoms with Crippen LogP contribution >= 0.6 is 11.3 Å². The second kappa shape index (κ2) is 6.75. The average Bonchev–Trinajstić information content (AvgIpc) is 3.19. The molecule has 2 saturated heterocycles. The van der Waals surface area contributed by atoms with Crippen LogP contribution in [0.25, 0.3) is 0 Å². The molecule has 0 spiro atoms. The van der Waals surface area contributed by atoms with E-state index >= 15 is 0 Å². The maximum absolute atomic E-state index is 12.9. The van der Waals surface area contributed by atoms with E-state index in [0.717, 1.165) is 44.7 Å². The van der Waals surface area contributed by atoms with E-state index in [1.807, 2.05) is 10.3 Å². The SMILES string of the molecule is O=C(c1csc2c1CCCC2)N1CC[C@@](O)(CN2CCOCC2)C1. The monoisotopic (exact) mass is 350 g/mol. The predicted octanol–water partition coefficient (Wildman–Crippen LogP) is 1.54. The van der Waals surface area contributed by atoms with Crippen molar-refractivity contribution >= 4 is 17.2 Å². The minimum atomic E-state index is -0.775. The molecule has 1 aliphatic carbocycles. The molecule has 1 N–H and O–H groups in total. The van der Waals surface area contributed by atoms with Crippen LogP contribution in [0.1, 0.15) is 40.1 Å². The van der Waals surface area contributed by atoms with Gasteiger partial charge in [-0.25, -0.2) is 0 Å². The van der Waals surface area contributed by atoms with Crippen LogP contribution in [-0.2, 0) is 17.6 Å². The summed E-state index contributed by atoms with van der Waals surface area (Å²) >= 11 is 1.74. The maximum atomic E-state index is 12.9. The van der Waals surface area contributed by atoms with Crippen molar-refractivity contribution in [2.75, 3.05) is 45.9 Å². The number of carbonyl (C=O) groups is 1. The third kappa shape index (κ3) is 3.25. The lowest BCUT2D eigenvalue weighted by atomic mass is 9.95. The molecule has 3 heterocycles. The zero-order chi connectivity index (χ0) is 16.6. The molecule has 6 heteroatoms. The molecule has 0 bridgehead atoms. The molecule has 2 fully saturated rings. The lowest BCUT2D eigenvalue weighted by Crippen LogP contribution is -2.49. The van der Waals surface area contributed by atoms with Crippen LogP contribution in [0.4, 0.5) is 0 Å². The number of morpholine rings is 1. The quantitative estimate of drug-likeness (QED) is 0.898. The molecule has 0 unspecified atom stereocenters. The molecule has 132 valence electrons. The number of hydrogen-bond acceptors (Lipinski definition) is 5. The molecule has 0 radical (unpaired) electrons. The smallest absolute Gasteiger partial charge is 0.255 e. The summed E-state index contributed by atoms with van der Waals surface area (Å²) in [4.78, 5) is 18.5. The Morgan fingerprint density at radius 3 is 2.88 bits per heavy atom. The number of fused-ring (bicyclic) bond motifs is 1. The average molecular weight is 350 g/mol. The third-order valence-electron chi connectivity index (χ3n) is 5.53. The lowest BCUT2D eigenvalue weighted by molar-refractivity contribution is -0.0257. The van der Waals surface area contributed by atoms with Gasteiger partial charge < -0.3 is 14.7 Å². The van der Waals surface area contributed by atoms with Crippen LogP contribution in [-0.4, -0.2) is 72.4 Å². The first kappa shape index (κ1) is 16.5. The summed E-state index contributed by atoms with van der Waals surface area (Å²) in [5.74, 6) is 0.118. The Morgan fingerprint density at radius 1 is 1.25 bits per heavy atom. The molecular weight excluding hydrogens is 324 g/mol. The van der Waals surface area contributed by atoms with Crippen LogP contribution in [0, 0.1) is 0 Å². The number of nitrogens with zero attached hydrogens (tertiary/aromatic N) is 2. The Hall–Kier alpha value is -0.950. The highest BCUT2D eigenvalue weighted by atomic mass is 32.1. The van der Waals surface area contributed by atoms with Gasteiger partial charge in [-0.2, -0.15) is 0 Å². The summed E-state index contributed by atoms with van der Waals surface area (Å²) in [7, 11) is 0. The van der Waals surface area contributed by atoms with Crippen LogP contribution in [0.15, 0.2) is 5.38 Å². The third-order valence-corrected chi connectivity index (χ3v) is 6.62. The molecule has 3 aliphatic rings. The molecule has 0 aromatic carbocycles. The number of β-amino-alcohol motifs (C(OH)–C–C–N with tert-alkyl or cyclic N) is 1. The minimum absolute atomic E-state index is 0.118. The molecule has 4 rings (SSSR count). The summed E-state index contributed by atoms with van der Waals surface area (Å²) in [6.07, 6.45) is 5.25. The van der Waals surface area contributed by atoms with Crippen molar-refractivity contribution < 1.29 is 14.6 Å². The van der Waals surface area contributed by atoms with Gasteiger partial charge in [0, 0.05) is 36.4 Å². The van der Waals surface area contributed by atoms with Crippen molar-refractivity contribution in [1.29, 1.82) is 0 Å². The summed E-state index contributed by atoms with van der Waals surface area (Å²) < 4.78 is 5.37. The summed E-state index contributed by atoms with van der Waals surface area (Å²) in [6, 6.07) is 0. The number of amides is 1. The number of hydrogen-bond donors (Lipinski definition) is 1. The normalized spacial score (nSPS) is 28.1. The second-order valence-corrected chi connectivity index (χ2v) is 8.31. The number of ether oxygens (including phenoxy) is 1. The van der Waals surface area contributed by atoms with Gasteiger partial charge in [-0.3, -0.25) is 9.69 Å². The van der Waals surface area contributed by atoms with Crippen LogP contribution < -0.4 is 0 Å². The Kier molecular flexibility index (Phi) is 4.64. The van der Waals surface area contributed by atoms with Gasteiger partial charge in [0.15, 0.2) is 0 Å². The lowest BCUT2D eigenvalue weighted by Gasteiger charge is -2.33. The predicted molar refractivity (Wildman–Crippen MR) is 93.7 cm³/mol. The van der Waals surface area contributed by atoms with Gasteiger partial charge in [-0.15, -0.1) is 11.3 Å². The molecular formula is C18H26N2O3S. The van der Waals surface area contributed by atoms with E-state index < -0.39 is 5.60 Å². The van der Waals surface area contributed by atoms with Crippen molar-refractivity contribution in [2.24, 2.45) is 0 Å². The Morgan fingerprint density at radius 2 is 2.04 bits per heavy atom. The van der Waals surface area contributed by atoms with Crippen LogP contribution in [0.2, 0.25) is 0 Å². The van der Waals surface area contributed by atoms with Gasteiger partial charge in [0.05, 0.1) is 30.9 Å². The van der Waals surface area contributed by atoms with Gasteiger partial charge in [0.1, 0.15) is 0 Å². The maximum Gasteiger partial charge on any atom is 0.255 e. The molecule has 0 saturated carbocycles. The van der Waals surface area contributed by atoms with Gasteiger partial charge in [0.2, 0.25) is 0 Å². The number of rotatable bonds is 3. The van der Waals surface area contributed by atoms with Gasteiger partial charge in [0.25, 0.3) is 5.91 Å². The zero-order valence-corrected chi connectivity index (χ0v) is 14.9. The van der Waals surface area contributed by atoms with E-state index in [0.29, 0.717) is 26.1 Å².